The molecule has 4 nitrogen and oxygen atoms in total. The van der Waals surface area contributed by atoms with E-state index >= 15 is 0 Å². The van der Waals surface area contributed by atoms with Crippen LogP contribution in [0.15, 0.2) is 0 Å². The van der Waals surface area contributed by atoms with E-state index in [-0.39, 0.29) is 5.75 Å². The summed E-state index contributed by atoms with van der Waals surface area (Å²) in [5, 5.41) is 3.04. The van der Waals surface area contributed by atoms with E-state index < -0.39 is 9.84 Å². The Kier molecular flexibility index (Phi) is 8.89. The number of rotatable bonds is 10. The minimum Gasteiger partial charge on any atom is -0.380 e. The molecule has 5 heteroatoms. The first-order valence-corrected chi connectivity index (χ1v) is 7.98. The highest BCUT2D eigenvalue weighted by Gasteiger charge is 2.01. The fourth-order valence-electron chi connectivity index (χ4n) is 1.39. The van der Waals surface area contributed by atoms with Crippen LogP contribution in [0, 0.1) is 5.92 Å². The Bertz CT molecular complexity index is 252. The molecule has 0 heterocycles. The van der Waals surface area contributed by atoms with Gasteiger partial charge in [0.1, 0.15) is 9.84 Å². The van der Waals surface area contributed by atoms with E-state index in [0.29, 0.717) is 25.6 Å². The van der Waals surface area contributed by atoms with E-state index in [0.717, 1.165) is 6.61 Å². The highest BCUT2D eigenvalue weighted by molar-refractivity contribution is 7.90. The van der Waals surface area contributed by atoms with Gasteiger partial charge < -0.3 is 10.1 Å². The molecule has 16 heavy (non-hydrogen) atoms. The highest BCUT2D eigenvalue weighted by atomic mass is 32.2. The van der Waals surface area contributed by atoms with Gasteiger partial charge in [-0.05, 0) is 12.3 Å². The van der Waals surface area contributed by atoms with Crippen molar-refractivity contribution < 1.29 is 13.2 Å². The van der Waals surface area contributed by atoms with Gasteiger partial charge >= 0.3 is 0 Å². The van der Waals surface area contributed by atoms with Crippen molar-refractivity contribution in [1.82, 2.24) is 5.32 Å². The first kappa shape index (κ1) is 15.9. The molecule has 0 saturated carbocycles. The van der Waals surface area contributed by atoms with E-state index in [4.69, 9.17) is 4.74 Å². The summed E-state index contributed by atoms with van der Waals surface area (Å²) in [6.45, 7) is 7.02. The summed E-state index contributed by atoms with van der Waals surface area (Å²) in [6, 6.07) is 0. The molecule has 1 atom stereocenters. The molecular formula is C11H25NO3S. The number of sulfone groups is 1. The van der Waals surface area contributed by atoms with Crippen molar-refractivity contribution in [3.63, 3.8) is 0 Å². The average molecular weight is 251 g/mol. The second-order valence-electron chi connectivity index (χ2n) is 4.35. The van der Waals surface area contributed by atoms with Gasteiger partial charge in [-0.3, -0.25) is 0 Å². The Labute approximate surface area is 99.7 Å². The lowest BCUT2D eigenvalue weighted by molar-refractivity contribution is 0.104. The van der Waals surface area contributed by atoms with E-state index in [2.05, 4.69) is 19.2 Å². The smallest absolute Gasteiger partial charge is 0.148 e. The molecule has 0 aliphatic rings. The van der Waals surface area contributed by atoms with Crippen LogP contribution in [0.4, 0.5) is 0 Å². The molecule has 98 valence electrons. The number of hydrogen-bond donors (Lipinski definition) is 1. The van der Waals surface area contributed by atoms with E-state index in [1.807, 2.05) is 0 Å². The number of ether oxygens (including phenoxy) is 1. The van der Waals surface area contributed by atoms with E-state index in [9.17, 15) is 8.42 Å². The fourth-order valence-corrected chi connectivity index (χ4v) is 1.90. The van der Waals surface area contributed by atoms with Gasteiger partial charge in [0.05, 0.1) is 12.4 Å². The van der Waals surface area contributed by atoms with Gasteiger partial charge in [0.15, 0.2) is 0 Å². The molecule has 1 unspecified atom stereocenters. The minimum absolute atomic E-state index is 0.194. The Morgan fingerprint density at radius 3 is 2.56 bits per heavy atom. The molecule has 0 aromatic rings. The van der Waals surface area contributed by atoms with Crippen molar-refractivity contribution in [1.29, 1.82) is 0 Å². The molecule has 0 amide bonds. The summed E-state index contributed by atoms with van der Waals surface area (Å²) in [5.41, 5.74) is 0. The first-order chi connectivity index (χ1) is 7.45. The summed E-state index contributed by atoms with van der Waals surface area (Å²) in [7, 11) is -2.84. The van der Waals surface area contributed by atoms with Crippen LogP contribution < -0.4 is 5.32 Å². The monoisotopic (exact) mass is 251 g/mol. The van der Waals surface area contributed by atoms with Crippen LogP contribution in [0.5, 0.6) is 0 Å². The van der Waals surface area contributed by atoms with Crippen molar-refractivity contribution in [2.24, 2.45) is 5.92 Å². The van der Waals surface area contributed by atoms with Crippen LogP contribution in [-0.4, -0.2) is 46.7 Å². The lowest BCUT2D eigenvalue weighted by Crippen LogP contribution is -2.26. The van der Waals surface area contributed by atoms with E-state index in [1.165, 1.54) is 19.1 Å². The van der Waals surface area contributed by atoms with Gasteiger partial charge in [-0.1, -0.05) is 20.3 Å². The molecule has 0 aromatic heterocycles. The first-order valence-electron chi connectivity index (χ1n) is 5.92. The third-order valence-electron chi connectivity index (χ3n) is 2.26. The predicted octanol–water partition coefficient (Wildman–Crippen LogP) is 1.07. The molecule has 0 saturated heterocycles. The topological polar surface area (TPSA) is 55.4 Å². The van der Waals surface area contributed by atoms with Crippen LogP contribution in [0.1, 0.15) is 26.7 Å². The average Bonchev–Trinajstić information content (AvgIpc) is 2.15. The molecule has 0 aliphatic heterocycles. The maximum absolute atomic E-state index is 10.8. The van der Waals surface area contributed by atoms with Crippen molar-refractivity contribution in [3.8, 4) is 0 Å². The zero-order chi connectivity index (χ0) is 12.4. The lowest BCUT2D eigenvalue weighted by atomic mass is 10.1. The zero-order valence-corrected chi connectivity index (χ0v) is 11.5. The summed E-state index contributed by atoms with van der Waals surface area (Å²) >= 11 is 0. The Morgan fingerprint density at radius 1 is 1.31 bits per heavy atom. The Hall–Kier alpha value is -0.130. The second kappa shape index (κ2) is 8.96. The van der Waals surface area contributed by atoms with E-state index in [1.54, 1.807) is 0 Å². The molecule has 0 bridgehead atoms. The van der Waals surface area contributed by atoms with Gasteiger partial charge in [-0.25, -0.2) is 8.42 Å². The van der Waals surface area contributed by atoms with Crippen LogP contribution in [-0.2, 0) is 14.6 Å². The normalized spacial score (nSPS) is 13.9. The standard InChI is InChI=1S/C11H25NO3S/c1-4-5-11(2)10-15-8-6-12-7-9-16(3,13)14/h11-12H,4-10H2,1-3H3. The molecule has 0 radical (unpaired) electrons. The second-order valence-corrected chi connectivity index (χ2v) is 6.61. The summed E-state index contributed by atoms with van der Waals surface area (Å²) in [4.78, 5) is 0. The third kappa shape index (κ3) is 11.9. The number of hydrogen-bond acceptors (Lipinski definition) is 4. The van der Waals surface area contributed by atoms with Crippen molar-refractivity contribution in [2.75, 3.05) is 38.3 Å². The quantitative estimate of drug-likeness (QED) is 0.590. The summed E-state index contributed by atoms with van der Waals surface area (Å²) in [5.74, 6) is 0.806. The van der Waals surface area contributed by atoms with Crippen LogP contribution in [0.25, 0.3) is 0 Å². The fraction of sp³-hybridized carbons (Fsp3) is 1.00. The SMILES string of the molecule is CCCC(C)COCCNCCS(C)(=O)=O. The van der Waals surface area contributed by atoms with Crippen molar-refractivity contribution in [3.05, 3.63) is 0 Å². The van der Waals surface area contributed by atoms with Gasteiger partial charge in [-0.2, -0.15) is 0 Å². The molecule has 0 aromatic carbocycles. The number of nitrogens with one attached hydrogen (secondary N) is 1. The van der Waals surface area contributed by atoms with Gasteiger partial charge in [0.2, 0.25) is 0 Å². The minimum atomic E-state index is -2.84. The molecule has 0 spiro atoms. The van der Waals surface area contributed by atoms with Gasteiger partial charge in [0, 0.05) is 26.0 Å². The Balaban J connectivity index is 3.22. The highest BCUT2D eigenvalue weighted by Crippen LogP contribution is 2.04. The van der Waals surface area contributed by atoms with Crippen LogP contribution in [0.3, 0.4) is 0 Å². The lowest BCUT2D eigenvalue weighted by Gasteiger charge is -2.10. The molecular weight excluding hydrogens is 226 g/mol. The largest absolute Gasteiger partial charge is 0.380 e. The molecule has 0 rings (SSSR count). The van der Waals surface area contributed by atoms with Crippen molar-refractivity contribution in [2.45, 2.75) is 26.7 Å². The molecule has 0 aliphatic carbocycles. The maximum Gasteiger partial charge on any atom is 0.148 e. The zero-order valence-electron chi connectivity index (χ0n) is 10.7. The van der Waals surface area contributed by atoms with Crippen molar-refractivity contribution >= 4 is 9.84 Å². The predicted molar refractivity (Wildman–Crippen MR) is 67.5 cm³/mol. The molecule has 1 N–H and O–H groups in total. The van der Waals surface area contributed by atoms with Crippen LogP contribution in [0.2, 0.25) is 0 Å². The summed E-state index contributed by atoms with van der Waals surface area (Å²) < 4.78 is 27.1. The van der Waals surface area contributed by atoms with Gasteiger partial charge in [-0.15, -0.1) is 0 Å². The van der Waals surface area contributed by atoms with Gasteiger partial charge in [0.25, 0.3) is 0 Å². The Morgan fingerprint density at radius 2 is 2.00 bits per heavy atom. The maximum atomic E-state index is 10.8. The summed E-state index contributed by atoms with van der Waals surface area (Å²) in [6.07, 6.45) is 3.64. The third-order valence-corrected chi connectivity index (χ3v) is 3.20. The molecule has 0 fully saturated rings. The van der Waals surface area contributed by atoms with Crippen LogP contribution >= 0.6 is 0 Å².